The molecule has 190 valence electrons. The van der Waals surface area contributed by atoms with Gasteiger partial charge in [0.25, 0.3) is 0 Å². The molecule has 0 saturated carbocycles. The van der Waals surface area contributed by atoms with E-state index in [0.29, 0.717) is 24.9 Å². The van der Waals surface area contributed by atoms with Crippen molar-refractivity contribution in [3.8, 4) is 5.75 Å². The normalized spacial score (nSPS) is 13.6. The average molecular weight is 465 g/mol. The van der Waals surface area contributed by atoms with E-state index in [4.69, 9.17) is 14.2 Å². The van der Waals surface area contributed by atoms with Gasteiger partial charge in [0.05, 0.1) is 17.8 Å². The van der Waals surface area contributed by atoms with Crippen molar-refractivity contribution >= 4 is 6.09 Å². The Bertz CT molecular complexity index is 674. The first-order chi connectivity index (χ1) is 15.3. The van der Waals surface area contributed by atoms with Crippen LogP contribution in [0.1, 0.15) is 87.0 Å². The zero-order chi connectivity index (χ0) is 25.0. The molecule has 0 bridgehead atoms. The van der Waals surface area contributed by atoms with Crippen LogP contribution in [-0.2, 0) is 9.47 Å². The molecule has 0 aliphatic rings. The van der Waals surface area contributed by atoms with Gasteiger partial charge in [-0.1, -0.05) is 24.6 Å². The van der Waals surface area contributed by atoms with Crippen molar-refractivity contribution in [1.29, 1.82) is 0 Å². The molecule has 1 aromatic carbocycles. The first-order valence-electron chi connectivity index (χ1n) is 12.3. The molecule has 0 saturated heterocycles. The van der Waals surface area contributed by atoms with Gasteiger partial charge in [-0.05, 0) is 92.7 Å². The monoisotopic (exact) mass is 464 g/mol. The quantitative estimate of drug-likeness (QED) is 0.290. The minimum atomic E-state index is -0.399. The summed E-state index contributed by atoms with van der Waals surface area (Å²) in [4.78, 5) is 11.8. The highest BCUT2D eigenvalue weighted by atomic mass is 16.6. The van der Waals surface area contributed by atoms with Gasteiger partial charge in [-0.25, -0.2) is 4.79 Å². The summed E-state index contributed by atoms with van der Waals surface area (Å²) in [7, 11) is 1.75. The first kappa shape index (κ1) is 29.4. The number of carbonyl (C=O) groups is 1. The van der Waals surface area contributed by atoms with Crippen LogP contribution in [0.4, 0.5) is 4.79 Å². The summed E-state index contributed by atoms with van der Waals surface area (Å²) in [5.41, 5.74) is -0.278. The molecular weight excluding hydrogens is 416 g/mol. The summed E-state index contributed by atoms with van der Waals surface area (Å²) >= 11 is 0. The van der Waals surface area contributed by atoms with Crippen molar-refractivity contribution in [3.05, 3.63) is 30.3 Å². The summed E-state index contributed by atoms with van der Waals surface area (Å²) < 4.78 is 16.9. The third-order valence-corrected chi connectivity index (χ3v) is 6.03. The molecule has 1 amide bonds. The summed E-state index contributed by atoms with van der Waals surface area (Å²) in [6.07, 6.45) is 5.53. The standard InChI is InChI=1S/C27H48N2O4/c1-22(14-12-13-20-28-24(30)33-23-15-10-9-11-16-23)29-25(2,3)17-18-27(6,7)32-21-19-26(4,5)31-8/h9-11,15-16,22,29H,12-14,17-21H2,1-8H3,(H,28,30). The number of amides is 1. The van der Waals surface area contributed by atoms with Crippen LogP contribution in [0.25, 0.3) is 0 Å². The molecule has 0 fully saturated rings. The van der Waals surface area contributed by atoms with Crippen LogP contribution < -0.4 is 15.4 Å². The minimum Gasteiger partial charge on any atom is -0.410 e. The summed E-state index contributed by atoms with van der Waals surface area (Å²) in [5.74, 6) is 0.558. The van der Waals surface area contributed by atoms with Gasteiger partial charge in [0.2, 0.25) is 0 Å². The fourth-order valence-electron chi connectivity index (χ4n) is 3.57. The van der Waals surface area contributed by atoms with Crippen molar-refractivity contribution in [1.82, 2.24) is 10.6 Å². The van der Waals surface area contributed by atoms with Crippen molar-refractivity contribution in [2.24, 2.45) is 0 Å². The summed E-state index contributed by atoms with van der Waals surface area (Å²) in [5, 5.41) is 6.58. The van der Waals surface area contributed by atoms with Gasteiger partial charge in [-0.3, -0.25) is 0 Å². The molecule has 0 spiro atoms. The van der Waals surface area contributed by atoms with E-state index in [-0.39, 0.29) is 16.7 Å². The fraction of sp³-hybridized carbons (Fsp3) is 0.741. The number of methoxy groups -OCH3 is 1. The van der Waals surface area contributed by atoms with Gasteiger partial charge in [-0.2, -0.15) is 0 Å². The Labute approximate surface area is 202 Å². The van der Waals surface area contributed by atoms with Crippen LogP contribution in [0, 0.1) is 0 Å². The predicted octanol–water partition coefficient (Wildman–Crippen LogP) is 6.09. The molecule has 2 N–H and O–H groups in total. The number of ether oxygens (including phenoxy) is 3. The molecule has 1 aromatic rings. The van der Waals surface area contributed by atoms with E-state index in [1.165, 1.54) is 0 Å². The first-order valence-corrected chi connectivity index (χ1v) is 12.3. The molecule has 6 heteroatoms. The third kappa shape index (κ3) is 14.3. The lowest BCUT2D eigenvalue weighted by Crippen LogP contribution is -2.46. The van der Waals surface area contributed by atoms with Gasteiger partial charge in [0.15, 0.2) is 0 Å². The van der Waals surface area contributed by atoms with E-state index in [1.54, 1.807) is 19.2 Å². The second kappa shape index (κ2) is 13.9. The van der Waals surface area contributed by atoms with E-state index in [0.717, 1.165) is 38.5 Å². The lowest BCUT2D eigenvalue weighted by Gasteiger charge is -2.35. The SMILES string of the molecule is COC(C)(C)CCOC(C)(C)CCC(C)(C)NC(C)CCCCNC(=O)Oc1ccccc1. The summed E-state index contributed by atoms with van der Waals surface area (Å²) in [6, 6.07) is 9.52. The maximum absolute atomic E-state index is 11.8. The number of hydrogen-bond acceptors (Lipinski definition) is 5. The van der Waals surface area contributed by atoms with Crippen LogP contribution in [0.15, 0.2) is 30.3 Å². The molecule has 1 atom stereocenters. The molecule has 33 heavy (non-hydrogen) atoms. The van der Waals surface area contributed by atoms with E-state index in [9.17, 15) is 4.79 Å². The molecule has 0 aliphatic carbocycles. The lowest BCUT2D eigenvalue weighted by molar-refractivity contribution is -0.0639. The average Bonchev–Trinajstić information content (AvgIpc) is 2.72. The van der Waals surface area contributed by atoms with Crippen molar-refractivity contribution < 1.29 is 19.0 Å². The number of para-hydroxylation sites is 1. The maximum atomic E-state index is 11.8. The summed E-state index contributed by atoms with van der Waals surface area (Å²) in [6.45, 7) is 16.6. The zero-order valence-corrected chi connectivity index (χ0v) is 22.3. The highest BCUT2D eigenvalue weighted by Crippen LogP contribution is 2.24. The van der Waals surface area contributed by atoms with Gasteiger partial charge in [-0.15, -0.1) is 0 Å². The highest BCUT2D eigenvalue weighted by molar-refractivity contribution is 5.70. The van der Waals surface area contributed by atoms with Crippen LogP contribution in [-0.4, -0.2) is 49.1 Å². The molecule has 0 radical (unpaired) electrons. The molecular formula is C27H48N2O4. The predicted molar refractivity (Wildman–Crippen MR) is 136 cm³/mol. The topological polar surface area (TPSA) is 68.8 Å². The Morgan fingerprint density at radius 3 is 2.24 bits per heavy atom. The van der Waals surface area contributed by atoms with Gasteiger partial charge < -0.3 is 24.8 Å². The van der Waals surface area contributed by atoms with Crippen molar-refractivity contribution in [3.63, 3.8) is 0 Å². The molecule has 6 nitrogen and oxygen atoms in total. The second-order valence-corrected chi connectivity index (χ2v) is 10.9. The van der Waals surface area contributed by atoms with Crippen molar-refractivity contribution in [2.75, 3.05) is 20.3 Å². The Kier molecular flexibility index (Phi) is 12.4. The number of unbranched alkanes of at least 4 members (excludes halogenated alkanes) is 1. The Morgan fingerprint density at radius 2 is 1.61 bits per heavy atom. The Balaban J connectivity index is 2.20. The largest absolute Gasteiger partial charge is 0.412 e. The Morgan fingerprint density at radius 1 is 0.939 bits per heavy atom. The highest BCUT2D eigenvalue weighted by Gasteiger charge is 2.27. The minimum absolute atomic E-state index is 0.0313. The molecule has 0 heterocycles. The van der Waals surface area contributed by atoms with E-state index in [2.05, 4.69) is 59.1 Å². The van der Waals surface area contributed by atoms with E-state index < -0.39 is 6.09 Å². The zero-order valence-electron chi connectivity index (χ0n) is 22.3. The van der Waals surface area contributed by atoms with E-state index >= 15 is 0 Å². The Hall–Kier alpha value is -1.63. The van der Waals surface area contributed by atoms with Crippen LogP contribution in [0.5, 0.6) is 5.75 Å². The number of rotatable bonds is 16. The van der Waals surface area contributed by atoms with Crippen LogP contribution in [0.3, 0.4) is 0 Å². The van der Waals surface area contributed by atoms with Crippen LogP contribution >= 0.6 is 0 Å². The third-order valence-electron chi connectivity index (χ3n) is 6.03. The van der Waals surface area contributed by atoms with Crippen molar-refractivity contribution in [2.45, 2.75) is 110 Å². The second-order valence-electron chi connectivity index (χ2n) is 10.9. The van der Waals surface area contributed by atoms with Crippen LogP contribution in [0.2, 0.25) is 0 Å². The number of nitrogens with one attached hydrogen (secondary N) is 2. The molecule has 1 rings (SSSR count). The number of benzene rings is 1. The molecule has 0 aromatic heterocycles. The molecule has 1 unspecified atom stereocenters. The number of hydrogen-bond donors (Lipinski definition) is 2. The van der Waals surface area contributed by atoms with Gasteiger partial charge >= 0.3 is 6.09 Å². The smallest absolute Gasteiger partial charge is 0.410 e. The van der Waals surface area contributed by atoms with Gasteiger partial charge in [0.1, 0.15) is 5.75 Å². The maximum Gasteiger partial charge on any atom is 0.412 e. The number of carbonyl (C=O) groups excluding carboxylic acids is 1. The van der Waals surface area contributed by atoms with Gasteiger partial charge in [0, 0.05) is 25.2 Å². The fourth-order valence-corrected chi connectivity index (χ4v) is 3.57. The lowest BCUT2D eigenvalue weighted by atomic mass is 9.90. The molecule has 0 aliphatic heterocycles. The van der Waals surface area contributed by atoms with E-state index in [1.807, 2.05) is 18.2 Å².